The van der Waals surface area contributed by atoms with Gasteiger partial charge in [0, 0.05) is 12.6 Å². The van der Waals surface area contributed by atoms with Crippen LogP contribution < -0.4 is 5.73 Å². The fourth-order valence-corrected chi connectivity index (χ4v) is 2.30. The van der Waals surface area contributed by atoms with Gasteiger partial charge in [-0.25, -0.2) is 0 Å². The fraction of sp³-hybridized carbons (Fsp3) is 1.00. The minimum Gasteiger partial charge on any atom is -0.374 e. The lowest BCUT2D eigenvalue weighted by Gasteiger charge is -2.39. The van der Waals surface area contributed by atoms with Crippen molar-refractivity contribution >= 4 is 0 Å². The van der Waals surface area contributed by atoms with Gasteiger partial charge in [0.15, 0.2) is 0 Å². The summed E-state index contributed by atoms with van der Waals surface area (Å²) in [5, 5.41) is 0. The molecule has 2 N–H and O–H groups in total. The summed E-state index contributed by atoms with van der Waals surface area (Å²) in [6, 6.07) is 0.219. The maximum atomic E-state index is 6.24. The van der Waals surface area contributed by atoms with Gasteiger partial charge < -0.3 is 10.5 Å². The molecule has 0 spiro atoms. The summed E-state index contributed by atoms with van der Waals surface area (Å²) in [6.45, 7) is 7.62. The largest absolute Gasteiger partial charge is 0.374 e. The molecule has 0 bridgehead atoms. The van der Waals surface area contributed by atoms with E-state index in [9.17, 15) is 0 Å². The van der Waals surface area contributed by atoms with Crippen LogP contribution in [0.1, 0.15) is 59.3 Å². The van der Waals surface area contributed by atoms with Crippen LogP contribution in [0, 0.1) is 5.92 Å². The lowest BCUT2D eigenvalue weighted by atomic mass is 9.85. The molecule has 1 aliphatic heterocycles. The monoisotopic (exact) mass is 213 g/mol. The van der Waals surface area contributed by atoms with Crippen molar-refractivity contribution < 1.29 is 4.74 Å². The Morgan fingerprint density at radius 1 is 1.27 bits per heavy atom. The van der Waals surface area contributed by atoms with Crippen LogP contribution in [0.4, 0.5) is 0 Å². The third kappa shape index (κ3) is 4.12. The van der Waals surface area contributed by atoms with Gasteiger partial charge >= 0.3 is 0 Å². The molecule has 2 atom stereocenters. The molecule has 1 heterocycles. The summed E-state index contributed by atoms with van der Waals surface area (Å²) in [5.41, 5.74) is 6.20. The molecule has 90 valence electrons. The van der Waals surface area contributed by atoms with Crippen LogP contribution in [0.15, 0.2) is 0 Å². The molecule has 1 aliphatic rings. The molecule has 0 aromatic carbocycles. The molecule has 2 nitrogen and oxygen atoms in total. The van der Waals surface area contributed by atoms with Crippen molar-refractivity contribution in [3.8, 4) is 0 Å². The third-order valence-electron chi connectivity index (χ3n) is 3.58. The molecule has 2 unspecified atom stereocenters. The zero-order chi connectivity index (χ0) is 11.3. The van der Waals surface area contributed by atoms with Crippen molar-refractivity contribution in [2.24, 2.45) is 11.7 Å². The average Bonchev–Trinajstić information content (AvgIpc) is 2.18. The van der Waals surface area contributed by atoms with Crippen LogP contribution in [0.3, 0.4) is 0 Å². The first-order chi connectivity index (χ1) is 7.04. The van der Waals surface area contributed by atoms with E-state index in [-0.39, 0.29) is 11.6 Å². The zero-order valence-corrected chi connectivity index (χ0v) is 10.6. The number of rotatable bonds is 5. The summed E-state index contributed by atoms with van der Waals surface area (Å²) in [6.07, 6.45) is 7.23. The molecule has 0 aromatic heterocycles. The predicted molar refractivity (Wildman–Crippen MR) is 64.9 cm³/mol. The van der Waals surface area contributed by atoms with Gasteiger partial charge in [-0.2, -0.15) is 0 Å². The standard InChI is InChI=1S/C13H27NO/c1-11(2)7-6-8-12(14)13(3)9-4-5-10-15-13/h11-12H,4-10,14H2,1-3H3. The summed E-state index contributed by atoms with van der Waals surface area (Å²) in [5.74, 6) is 0.789. The normalized spacial score (nSPS) is 29.4. The van der Waals surface area contributed by atoms with Gasteiger partial charge in [0.05, 0.1) is 5.60 Å². The van der Waals surface area contributed by atoms with Crippen LogP contribution in [0.2, 0.25) is 0 Å². The van der Waals surface area contributed by atoms with Crippen molar-refractivity contribution in [1.29, 1.82) is 0 Å². The van der Waals surface area contributed by atoms with Gasteiger partial charge in [0.25, 0.3) is 0 Å². The highest BCUT2D eigenvalue weighted by molar-refractivity contribution is 4.89. The van der Waals surface area contributed by atoms with Gasteiger partial charge in [-0.3, -0.25) is 0 Å². The van der Waals surface area contributed by atoms with Gasteiger partial charge in [-0.1, -0.05) is 26.7 Å². The lowest BCUT2D eigenvalue weighted by molar-refractivity contribution is -0.0827. The highest BCUT2D eigenvalue weighted by Crippen LogP contribution is 2.29. The summed E-state index contributed by atoms with van der Waals surface area (Å²) < 4.78 is 5.86. The molecule has 0 radical (unpaired) electrons. The smallest absolute Gasteiger partial charge is 0.0804 e. The van der Waals surface area contributed by atoms with E-state index in [0.717, 1.165) is 25.4 Å². The zero-order valence-electron chi connectivity index (χ0n) is 10.6. The Balaban J connectivity index is 2.28. The van der Waals surface area contributed by atoms with Crippen LogP contribution in [0.5, 0.6) is 0 Å². The first-order valence-corrected chi connectivity index (χ1v) is 6.44. The Morgan fingerprint density at radius 3 is 2.53 bits per heavy atom. The van der Waals surface area contributed by atoms with E-state index in [0.29, 0.717) is 0 Å². The maximum Gasteiger partial charge on any atom is 0.0804 e. The van der Waals surface area contributed by atoms with E-state index in [1.807, 2.05) is 0 Å². The van der Waals surface area contributed by atoms with E-state index in [1.165, 1.54) is 25.7 Å². The van der Waals surface area contributed by atoms with Gasteiger partial charge in [0.1, 0.15) is 0 Å². The molecule has 0 amide bonds. The SMILES string of the molecule is CC(C)CCCC(N)C1(C)CCCCO1. The first-order valence-electron chi connectivity index (χ1n) is 6.44. The number of hydrogen-bond acceptors (Lipinski definition) is 2. The molecule has 15 heavy (non-hydrogen) atoms. The topological polar surface area (TPSA) is 35.2 Å². The van der Waals surface area contributed by atoms with Crippen molar-refractivity contribution in [2.75, 3.05) is 6.61 Å². The van der Waals surface area contributed by atoms with Crippen LogP contribution in [-0.2, 0) is 4.74 Å². The van der Waals surface area contributed by atoms with Crippen LogP contribution in [-0.4, -0.2) is 18.2 Å². The highest BCUT2D eigenvalue weighted by Gasteiger charge is 2.33. The molecule has 1 fully saturated rings. The Morgan fingerprint density at radius 2 is 2.00 bits per heavy atom. The summed E-state index contributed by atoms with van der Waals surface area (Å²) >= 11 is 0. The molecule has 1 saturated heterocycles. The van der Waals surface area contributed by atoms with Crippen molar-refractivity contribution in [3.05, 3.63) is 0 Å². The van der Waals surface area contributed by atoms with E-state index >= 15 is 0 Å². The average molecular weight is 213 g/mol. The van der Waals surface area contributed by atoms with E-state index in [1.54, 1.807) is 0 Å². The second-order valence-electron chi connectivity index (χ2n) is 5.55. The summed E-state index contributed by atoms with van der Waals surface area (Å²) in [4.78, 5) is 0. The van der Waals surface area contributed by atoms with Gasteiger partial charge in [0.2, 0.25) is 0 Å². The second kappa shape index (κ2) is 5.86. The summed E-state index contributed by atoms with van der Waals surface area (Å²) in [7, 11) is 0. The van der Waals surface area contributed by atoms with Gasteiger partial charge in [-0.15, -0.1) is 0 Å². The molecule has 2 heteroatoms. The Labute approximate surface area is 94.6 Å². The number of nitrogens with two attached hydrogens (primary N) is 1. The minimum atomic E-state index is -0.0464. The minimum absolute atomic E-state index is 0.0464. The number of ether oxygens (including phenoxy) is 1. The van der Waals surface area contributed by atoms with E-state index in [2.05, 4.69) is 20.8 Å². The highest BCUT2D eigenvalue weighted by atomic mass is 16.5. The molecule has 0 saturated carbocycles. The third-order valence-corrected chi connectivity index (χ3v) is 3.58. The molecule has 1 rings (SSSR count). The van der Waals surface area contributed by atoms with Crippen molar-refractivity contribution in [2.45, 2.75) is 70.9 Å². The molecule has 0 aliphatic carbocycles. The quantitative estimate of drug-likeness (QED) is 0.761. The van der Waals surface area contributed by atoms with E-state index in [4.69, 9.17) is 10.5 Å². The van der Waals surface area contributed by atoms with Crippen molar-refractivity contribution in [1.82, 2.24) is 0 Å². The maximum absolute atomic E-state index is 6.24. The molecular weight excluding hydrogens is 186 g/mol. The Hall–Kier alpha value is -0.0800. The van der Waals surface area contributed by atoms with E-state index < -0.39 is 0 Å². The predicted octanol–water partition coefficient (Wildman–Crippen LogP) is 3.10. The second-order valence-corrected chi connectivity index (χ2v) is 5.55. The Bertz CT molecular complexity index is 173. The fourth-order valence-electron chi connectivity index (χ4n) is 2.30. The lowest BCUT2D eigenvalue weighted by Crippen LogP contribution is -2.49. The van der Waals surface area contributed by atoms with Crippen molar-refractivity contribution in [3.63, 3.8) is 0 Å². The number of hydrogen-bond donors (Lipinski definition) is 1. The van der Waals surface area contributed by atoms with Crippen LogP contribution in [0.25, 0.3) is 0 Å². The van der Waals surface area contributed by atoms with Gasteiger partial charge in [-0.05, 0) is 38.5 Å². The van der Waals surface area contributed by atoms with Crippen LogP contribution >= 0.6 is 0 Å². The first kappa shape index (κ1) is 13.0. The molecule has 0 aromatic rings. The Kier molecular flexibility index (Phi) is 5.07. The molecular formula is C13H27NO.